The monoisotopic (exact) mass is 303 g/mol. The molecule has 7 heteroatoms. The highest BCUT2D eigenvalue weighted by Crippen LogP contribution is 2.37. The molecule has 0 aromatic heterocycles. The Kier molecular flexibility index (Phi) is 4.07. The van der Waals surface area contributed by atoms with Crippen LogP contribution in [0.3, 0.4) is 0 Å². The van der Waals surface area contributed by atoms with E-state index in [2.05, 4.69) is 4.72 Å². The Labute approximate surface area is 121 Å². The van der Waals surface area contributed by atoms with Crippen LogP contribution in [0.25, 0.3) is 0 Å². The molecule has 1 aliphatic carbocycles. The predicted octanol–water partition coefficient (Wildman–Crippen LogP) is 0.200. The number of fused-ring (bicyclic) bond motifs is 1. The normalized spacial score (nSPS) is 42.8. The standard InChI is InChI=1S/C13H25N3O3S/c1-9-5-2-3-7-16(9)20(17,18)15-12-11(14)10-6-4-8-19-13(10)12/h9-13,15H,2-8,14H2,1H3. The molecule has 0 bridgehead atoms. The third-order valence-corrected chi connectivity index (χ3v) is 6.74. The molecule has 2 heterocycles. The maximum atomic E-state index is 12.5. The van der Waals surface area contributed by atoms with Crippen LogP contribution in [0.5, 0.6) is 0 Å². The van der Waals surface area contributed by atoms with Crippen LogP contribution in [-0.4, -0.2) is 50.1 Å². The Morgan fingerprint density at radius 1 is 1.25 bits per heavy atom. The van der Waals surface area contributed by atoms with E-state index in [9.17, 15) is 8.42 Å². The Bertz CT molecular complexity index is 456. The zero-order valence-corrected chi connectivity index (χ0v) is 12.8. The van der Waals surface area contributed by atoms with Crippen molar-refractivity contribution in [2.45, 2.75) is 63.3 Å². The summed E-state index contributed by atoms with van der Waals surface area (Å²) in [5, 5.41) is 0. The fourth-order valence-corrected chi connectivity index (χ4v) is 5.48. The molecule has 0 aromatic rings. The summed E-state index contributed by atoms with van der Waals surface area (Å²) in [4.78, 5) is 0. The van der Waals surface area contributed by atoms with Crippen molar-refractivity contribution in [3.63, 3.8) is 0 Å². The van der Waals surface area contributed by atoms with E-state index in [4.69, 9.17) is 10.5 Å². The van der Waals surface area contributed by atoms with Gasteiger partial charge in [-0.2, -0.15) is 17.4 Å². The van der Waals surface area contributed by atoms with E-state index >= 15 is 0 Å². The van der Waals surface area contributed by atoms with Gasteiger partial charge in [-0.1, -0.05) is 6.42 Å². The first-order chi connectivity index (χ1) is 9.50. The van der Waals surface area contributed by atoms with Crippen LogP contribution in [0.1, 0.15) is 39.0 Å². The van der Waals surface area contributed by atoms with Gasteiger partial charge in [-0.05, 0) is 32.6 Å². The Balaban J connectivity index is 1.67. The summed E-state index contributed by atoms with van der Waals surface area (Å²) in [5.41, 5.74) is 6.12. The molecule has 3 aliphatic rings. The van der Waals surface area contributed by atoms with Gasteiger partial charge in [-0.3, -0.25) is 0 Å². The first kappa shape index (κ1) is 14.7. The molecular formula is C13H25N3O3S. The van der Waals surface area contributed by atoms with Crippen LogP contribution >= 0.6 is 0 Å². The first-order valence-electron chi connectivity index (χ1n) is 7.67. The summed E-state index contributed by atoms with van der Waals surface area (Å²) in [6.07, 6.45) is 5.00. The van der Waals surface area contributed by atoms with Crippen molar-refractivity contribution in [2.24, 2.45) is 11.7 Å². The molecule has 0 radical (unpaired) electrons. The number of rotatable bonds is 3. The molecule has 0 aromatic carbocycles. The van der Waals surface area contributed by atoms with Crippen molar-refractivity contribution in [3.05, 3.63) is 0 Å². The molecule has 3 fully saturated rings. The van der Waals surface area contributed by atoms with Gasteiger partial charge in [-0.25, -0.2) is 0 Å². The van der Waals surface area contributed by atoms with Gasteiger partial charge in [0.25, 0.3) is 10.2 Å². The lowest BCUT2D eigenvalue weighted by Crippen LogP contribution is -2.73. The van der Waals surface area contributed by atoms with E-state index in [-0.39, 0.29) is 24.2 Å². The maximum absolute atomic E-state index is 12.5. The third kappa shape index (κ3) is 2.50. The largest absolute Gasteiger partial charge is 0.376 e. The second-order valence-electron chi connectivity index (χ2n) is 6.32. The molecule has 3 rings (SSSR count). The summed E-state index contributed by atoms with van der Waals surface area (Å²) in [6, 6.07) is -0.310. The average molecular weight is 303 g/mol. The van der Waals surface area contributed by atoms with Crippen molar-refractivity contribution >= 4 is 10.2 Å². The topological polar surface area (TPSA) is 84.7 Å². The molecule has 0 amide bonds. The van der Waals surface area contributed by atoms with Crippen molar-refractivity contribution in [3.8, 4) is 0 Å². The van der Waals surface area contributed by atoms with Crippen molar-refractivity contribution in [1.29, 1.82) is 0 Å². The molecule has 3 N–H and O–H groups in total. The lowest BCUT2D eigenvalue weighted by Gasteiger charge is -2.52. The fraction of sp³-hybridized carbons (Fsp3) is 1.00. The summed E-state index contributed by atoms with van der Waals surface area (Å²) >= 11 is 0. The van der Waals surface area contributed by atoms with E-state index in [1.807, 2.05) is 6.92 Å². The van der Waals surface area contributed by atoms with Gasteiger partial charge in [-0.15, -0.1) is 0 Å². The van der Waals surface area contributed by atoms with E-state index < -0.39 is 10.2 Å². The minimum absolute atomic E-state index is 0.0337. The van der Waals surface area contributed by atoms with Crippen molar-refractivity contribution in [2.75, 3.05) is 13.2 Å². The van der Waals surface area contributed by atoms with Crippen LogP contribution in [0.4, 0.5) is 0 Å². The molecule has 5 unspecified atom stereocenters. The Hall–Kier alpha value is -0.210. The van der Waals surface area contributed by atoms with Crippen LogP contribution in [0.15, 0.2) is 0 Å². The zero-order valence-electron chi connectivity index (χ0n) is 12.0. The van der Waals surface area contributed by atoms with Gasteiger partial charge in [0.05, 0.1) is 12.1 Å². The highest BCUT2D eigenvalue weighted by atomic mass is 32.2. The Morgan fingerprint density at radius 3 is 2.80 bits per heavy atom. The maximum Gasteiger partial charge on any atom is 0.280 e. The second kappa shape index (κ2) is 5.53. The van der Waals surface area contributed by atoms with E-state index in [0.29, 0.717) is 19.1 Å². The number of nitrogens with two attached hydrogens (primary N) is 1. The summed E-state index contributed by atoms with van der Waals surface area (Å²) < 4.78 is 35.1. The Morgan fingerprint density at radius 2 is 2.05 bits per heavy atom. The van der Waals surface area contributed by atoms with Crippen LogP contribution in [0.2, 0.25) is 0 Å². The number of nitrogens with one attached hydrogen (secondary N) is 1. The van der Waals surface area contributed by atoms with Gasteiger partial charge < -0.3 is 10.5 Å². The molecule has 1 saturated carbocycles. The van der Waals surface area contributed by atoms with Crippen molar-refractivity contribution < 1.29 is 13.2 Å². The third-order valence-electron chi connectivity index (χ3n) is 5.01. The number of nitrogens with zero attached hydrogens (tertiary/aromatic N) is 1. The molecule has 20 heavy (non-hydrogen) atoms. The molecule has 116 valence electrons. The minimum atomic E-state index is -3.45. The van der Waals surface area contributed by atoms with Gasteiger partial charge in [0.15, 0.2) is 0 Å². The highest BCUT2D eigenvalue weighted by Gasteiger charge is 2.52. The molecule has 0 spiro atoms. The van der Waals surface area contributed by atoms with Gasteiger partial charge in [0, 0.05) is 31.2 Å². The molecule has 2 aliphatic heterocycles. The lowest BCUT2D eigenvalue weighted by molar-refractivity contribution is -0.114. The molecule has 5 atom stereocenters. The first-order valence-corrected chi connectivity index (χ1v) is 9.11. The van der Waals surface area contributed by atoms with Crippen LogP contribution < -0.4 is 10.5 Å². The fourth-order valence-electron chi connectivity index (χ4n) is 3.76. The van der Waals surface area contributed by atoms with E-state index in [0.717, 1.165) is 32.1 Å². The number of ether oxygens (including phenoxy) is 1. The quantitative estimate of drug-likeness (QED) is 0.780. The van der Waals surface area contributed by atoms with Crippen LogP contribution in [-0.2, 0) is 14.9 Å². The van der Waals surface area contributed by atoms with Crippen LogP contribution in [0, 0.1) is 5.92 Å². The van der Waals surface area contributed by atoms with E-state index in [1.165, 1.54) is 0 Å². The number of hydrogen-bond donors (Lipinski definition) is 2. The van der Waals surface area contributed by atoms with Gasteiger partial charge in [0.2, 0.25) is 0 Å². The highest BCUT2D eigenvalue weighted by molar-refractivity contribution is 7.87. The molecular weight excluding hydrogens is 278 g/mol. The summed E-state index contributed by atoms with van der Waals surface area (Å²) in [5.74, 6) is 0.315. The SMILES string of the molecule is CC1CCCCN1S(=O)(=O)NC1C(N)C2CCCOC21. The summed E-state index contributed by atoms with van der Waals surface area (Å²) in [6.45, 7) is 3.29. The zero-order chi connectivity index (χ0) is 14.3. The van der Waals surface area contributed by atoms with Gasteiger partial charge >= 0.3 is 0 Å². The van der Waals surface area contributed by atoms with E-state index in [1.54, 1.807) is 4.31 Å². The lowest BCUT2D eigenvalue weighted by atomic mass is 9.69. The number of hydrogen-bond acceptors (Lipinski definition) is 4. The van der Waals surface area contributed by atoms with Gasteiger partial charge in [0.1, 0.15) is 0 Å². The molecule has 6 nitrogen and oxygen atoms in total. The minimum Gasteiger partial charge on any atom is -0.376 e. The average Bonchev–Trinajstić information content (AvgIpc) is 2.45. The summed E-state index contributed by atoms with van der Waals surface area (Å²) in [7, 11) is -3.45. The second-order valence-corrected chi connectivity index (χ2v) is 7.98. The van der Waals surface area contributed by atoms with Crippen molar-refractivity contribution in [1.82, 2.24) is 9.03 Å². The smallest absolute Gasteiger partial charge is 0.280 e. The predicted molar refractivity (Wildman–Crippen MR) is 76.3 cm³/mol. The number of piperidine rings is 1. The molecule has 2 saturated heterocycles.